The Bertz CT molecular complexity index is 573. The second-order valence-electron chi connectivity index (χ2n) is 4.54. The van der Waals surface area contributed by atoms with E-state index in [0.29, 0.717) is 5.69 Å². The van der Waals surface area contributed by atoms with Gasteiger partial charge in [0.25, 0.3) is 5.91 Å². The molecule has 1 saturated heterocycles. The van der Waals surface area contributed by atoms with Crippen molar-refractivity contribution in [2.45, 2.75) is 19.9 Å². The van der Waals surface area contributed by atoms with E-state index in [0.717, 1.165) is 9.37 Å². The fourth-order valence-electron chi connectivity index (χ4n) is 2.09. The number of imide groups is 1. The molecule has 0 saturated carbocycles. The molecule has 6 nitrogen and oxygen atoms in total. The molecule has 1 heterocycles. The van der Waals surface area contributed by atoms with E-state index in [9.17, 15) is 14.4 Å². The van der Waals surface area contributed by atoms with Crippen LogP contribution in [0.3, 0.4) is 0 Å². The Morgan fingerprint density at radius 2 is 1.95 bits per heavy atom. The Morgan fingerprint density at radius 1 is 1.33 bits per heavy atom. The minimum Gasteiger partial charge on any atom is -0.464 e. The van der Waals surface area contributed by atoms with Crippen LogP contribution in [0.4, 0.5) is 10.5 Å². The van der Waals surface area contributed by atoms with Gasteiger partial charge in [-0.05, 0) is 38.1 Å². The molecule has 7 heteroatoms. The van der Waals surface area contributed by atoms with Gasteiger partial charge in [0, 0.05) is 10.2 Å². The van der Waals surface area contributed by atoms with Gasteiger partial charge in [-0.3, -0.25) is 9.69 Å². The van der Waals surface area contributed by atoms with Gasteiger partial charge in [0.2, 0.25) is 0 Å². The second kappa shape index (κ2) is 6.26. The average molecular weight is 355 g/mol. The van der Waals surface area contributed by atoms with Gasteiger partial charge in [0.05, 0.1) is 6.61 Å². The van der Waals surface area contributed by atoms with Crippen LogP contribution in [0.1, 0.15) is 13.8 Å². The molecule has 1 fully saturated rings. The number of hydrogen-bond acceptors (Lipinski definition) is 4. The number of carbonyl (C=O) groups excluding carboxylic acids is 3. The number of nitrogens with zero attached hydrogens (tertiary/aromatic N) is 2. The Labute approximate surface area is 130 Å². The van der Waals surface area contributed by atoms with E-state index in [1.54, 1.807) is 31.2 Å². The van der Waals surface area contributed by atoms with Gasteiger partial charge < -0.3 is 4.74 Å². The number of esters is 1. The lowest BCUT2D eigenvalue weighted by atomic mass is 10.3. The molecule has 0 spiro atoms. The molecule has 21 heavy (non-hydrogen) atoms. The molecule has 3 amide bonds. The summed E-state index contributed by atoms with van der Waals surface area (Å²) in [6, 6.07) is 5.59. The van der Waals surface area contributed by atoms with Gasteiger partial charge in [-0.1, -0.05) is 15.9 Å². The van der Waals surface area contributed by atoms with Crippen LogP contribution < -0.4 is 4.90 Å². The predicted molar refractivity (Wildman–Crippen MR) is 79.8 cm³/mol. The topological polar surface area (TPSA) is 66.9 Å². The molecule has 0 aliphatic carbocycles. The first kappa shape index (κ1) is 15.5. The molecule has 112 valence electrons. The van der Waals surface area contributed by atoms with Gasteiger partial charge in [0.15, 0.2) is 0 Å². The summed E-state index contributed by atoms with van der Waals surface area (Å²) in [5, 5.41) is 0. The van der Waals surface area contributed by atoms with Gasteiger partial charge in [-0.25, -0.2) is 14.5 Å². The first-order valence-corrected chi connectivity index (χ1v) is 7.30. The molecule has 1 atom stereocenters. The van der Waals surface area contributed by atoms with Crippen molar-refractivity contribution in [3.05, 3.63) is 28.7 Å². The van der Waals surface area contributed by atoms with E-state index >= 15 is 0 Å². The lowest BCUT2D eigenvalue weighted by Gasteiger charge is -2.21. The summed E-state index contributed by atoms with van der Waals surface area (Å²) in [6.45, 7) is 3.28. The number of halogens is 1. The fraction of sp³-hybridized carbons (Fsp3) is 0.357. The standard InChI is InChI=1S/C14H15BrN2O4/c1-3-21-13(19)9(2)17-12(18)8-16(14(17)20)11-6-4-10(15)5-7-11/h4-7,9H,3,8H2,1-2H3/t9-/m0/s1. The average Bonchev–Trinajstić information content (AvgIpc) is 2.74. The van der Waals surface area contributed by atoms with Gasteiger partial charge >= 0.3 is 12.0 Å². The number of benzene rings is 1. The maximum absolute atomic E-state index is 12.4. The van der Waals surface area contributed by atoms with Crippen molar-refractivity contribution in [3.63, 3.8) is 0 Å². The minimum absolute atomic E-state index is 0.0792. The van der Waals surface area contributed by atoms with Crippen molar-refractivity contribution in [3.8, 4) is 0 Å². The highest BCUT2D eigenvalue weighted by Crippen LogP contribution is 2.24. The Morgan fingerprint density at radius 3 is 2.52 bits per heavy atom. The molecule has 0 aromatic heterocycles. The zero-order valence-electron chi connectivity index (χ0n) is 11.7. The van der Waals surface area contributed by atoms with Crippen LogP contribution in [-0.2, 0) is 14.3 Å². The summed E-state index contributed by atoms with van der Waals surface area (Å²) in [5.41, 5.74) is 0.607. The number of rotatable bonds is 4. The highest BCUT2D eigenvalue weighted by atomic mass is 79.9. The van der Waals surface area contributed by atoms with Crippen molar-refractivity contribution in [2.24, 2.45) is 0 Å². The number of carbonyl (C=O) groups is 3. The molecular weight excluding hydrogens is 340 g/mol. The Kier molecular flexibility index (Phi) is 4.62. The third-order valence-electron chi connectivity index (χ3n) is 3.15. The number of anilines is 1. The van der Waals surface area contributed by atoms with Crippen LogP contribution in [0.25, 0.3) is 0 Å². The molecule has 0 bridgehead atoms. The summed E-state index contributed by atoms with van der Waals surface area (Å²) < 4.78 is 5.74. The summed E-state index contributed by atoms with van der Waals surface area (Å²) in [4.78, 5) is 38.4. The van der Waals surface area contributed by atoms with E-state index in [2.05, 4.69) is 15.9 Å². The van der Waals surface area contributed by atoms with Gasteiger partial charge in [0.1, 0.15) is 12.6 Å². The summed E-state index contributed by atoms with van der Waals surface area (Å²) >= 11 is 3.31. The lowest BCUT2D eigenvalue weighted by molar-refractivity contribution is -0.150. The molecule has 1 aliphatic rings. The van der Waals surface area contributed by atoms with Crippen molar-refractivity contribution in [1.29, 1.82) is 0 Å². The third-order valence-corrected chi connectivity index (χ3v) is 3.68. The van der Waals surface area contributed by atoms with Gasteiger partial charge in [-0.2, -0.15) is 0 Å². The Hall–Kier alpha value is -1.89. The Balaban J connectivity index is 2.20. The maximum Gasteiger partial charge on any atom is 0.332 e. The molecule has 0 N–H and O–H groups in total. The van der Waals surface area contributed by atoms with Crippen molar-refractivity contribution in [2.75, 3.05) is 18.1 Å². The zero-order chi connectivity index (χ0) is 15.6. The first-order valence-electron chi connectivity index (χ1n) is 6.51. The van der Waals surface area contributed by atoms with Crippen molar-refractivity contribution < 1.29 is 19.1 Å². The molecule has 1 aromatic rings. The van der Waals surface area contributed by atoms with E-state index in [4.69, 9.17) is 4.74 Å². The van der Waals surface area contributed by atoms with Crippen LogP contribution in [-0.4, -0.2) is 42.0 Å². The molecule has 2 rings (SSSR count). The van der Waals surface area contributed by atoms with Crippen LogP contribution >= 0.6 is 15.9 Å². The number of urea groups is 1. The molecule has 1 aromatic carbocycles. The first-order chi connectivity index (χ1) is 9.95. The predicted octanol–water partition coefficient (Wildman–Crippen LogP) is 2.17. The maximum atomic E-state index is 12.4. The second-order valence-corrected chi connectivity index (χ2v) is 5.45. The third kappa shape index (κ3) is 3.07. The largest absolute Gasteiger partial charge is 0.464 e. The van der Waals surface area contributed by atoms with Crippen LogP contribution in [0.2, 0.25) is 0 Å². The van der Waals surface area contributed by atoms with Crippen molar-refractivity contribution in [1.82, 2.24) is 4.90 Å². The minimum atomic E-state index is -0.926. The van der Waals surface area contributed by atoms with E-state index < -0.39 is 23.9 Å². The molecule has 1 aliphatic heterocycles. The number of ether oxygens (including phenoxy) is 1. The number of hydrogen-bond donors (Lipinski definition) is 0. The van der Waals surface area contributed by atoms with Crippen molar-refractivity contribution >= 4 is 39.5 Å². The SMILES string of the molecule is CCOC(=O)[C@H](C)N1C(=O)CN(c2ccc(Br)cc2)C1=O. The monoisotopic (exact) mass is 354 g/mol. The normalized spacial score (nSPS) is 16.3. The summed E-state index contributed by atoms with van der Waals surface area (Å²) in [7, 11) is 0. The zero-order valence-corrected chi connectivity index (χ0v) is 13.3. The molecule has 0 unspecified atom stereocenters. The highest BCUT2D eigenvalue weighted by Gasteiger charge is 2.42. The highest BCUT2D eigenvalue weighted by molar-refractivity contribution is 9.10. The lowest BCUT2D eigenvalue weighted by Crippen LogP contribution is -2.44. The van der Waals surface area contributed by atoms with E-state index in [-0.39, 0.29) is 13.2 Å². The molecule has 0 radical (unpaired) electrons. The quantitative estimate of drug-likeness (QED) is 0.613. The summed E-state index contributed by atoms with van der Waals surface area (Å²) in [5.74, 6) is -1.000. The van der Waals surface area contributed by atoms with E-state index in [1.165, 1.54) is 11.8 Å². The van der Waals surface area contributed by atoms with Crippen LogP contribution in [0.5, 0.6) is 0 Å². The van der Waals surface area contributed by atoms with Crippen LogP contribution in [0, 0.1) is 0 Å². The fourth-order valence-corrected chi connectivity index (χ4v) is 2.35. The summed E-state index contributed by atoms with van der Waals surface area (Å²) in [6.07, 6.45) is 0. The van der Waals surface area contributed by atoms with E-state index in [1.807, 2.05) is 0 Å². The number of amides is 3. The molecular formula is C14H15BrN2O4. The van der Waals surface area contributed by atoms with Gasteiger partial charge in [-0.15, -0.1) is 0 Å². The van der Waals surface area contributed by atoms with Crippen LogP contribution in [0.15, 0.2) is 28.7 Å². The smallest absolute Gasteiger partial charge is 0.332 e.